The van der Waals surface area contributed by atoms with Crippen molar-refractivity contribution in [3.63, 3.8) is 0 Å². The molecule has 1 aliphatic heterocycles. The van der Waals surface area contributed by atoms with Crippen molar-refractivity contribution in [2.75, 3.05) is 26.3 Å². The highest BCUT2D eigenvalue weighted by atomic mass is 16.7. The summed E-state index contributed by atoms with van der Waals surface area (Å²) in [7, 11) is 0. The van der Waals surface area contributed by atoms with Gasteiger partial charge in [-0.1, -0.05) is 67.1 Å². The van der Waals surface area contributed by atoms with Gasteiger partial charge in [0.1, 0.15) is 5.75 Å². The Kier molecular flexibility index (Phi) is 11.9. The summed E-state index contributed by atoms with van der Waals surface area (Å²) in [5.74, 6) is 6.25. The number of H-pyrrole nitrogens is 1. The van der Waals surface area contributed by atoms with Crippen molar-refractivity contribution in [2.24, 2.45) is 0 Å². The first-order chi connectivity index (χ1) is 22.8. The van der Waals surface area contributed by atoms with E-state index in [1.54, 1.807) is 18.2 Å². The second kappa shape index (κ2) is 16.5. The van der Waals surface area contributed by atoms with Gasteiger partial charge in [-0.15, -0.1) is 0 Å². The molecule has 9 heteroatoms. The Morgan fingerprint density at radius 1 is 1.02 bits per heavy atom. The Balaban J connectivity index is 1.01. The lowest BCUT2D eigenvalue weighted by atomic mass is 10.0. The maximum atomic E-state index is 11.9. The first-order valence-corrected chi connectivity index (χ1v) is 16.3. The smallest absolute Gasteiger partial charge is 0.333 e. The van der Waals surface area contributed by atoms with Crippen molar-refractivity contribution in [2.45, 2.75) is 71.0 Å². The van der Waals surface area contributed by atoms with E-state index in [0.29, 0.717) is 38.5 Å². The molecule has 0 bridgehead atoms. The van der Waals surface area contributed by atoms with Crippen LogP contribution in [-0.4, -0.2) is 56.8 Å². The fraction of sp³-hybridized carbons (Fsp3) is 0.395. The molecule has 0 unspecified atom stereocenters. The number of aromatic amines is 1. The van der Waals surface area contributed by atoms with Crippen LogP contribution in [-0.2, 0) is 22.6 Å². The average Bonchev–Trinajstić information content (AvgIpc) is 3.40. The van der Waals surface area contributed by atoms with Gasteiger partial charge in [0, 0.05) is 51.1 Å². The lowest BCUT2D eigenvalue weighted by molar-refractivity contribution is -0.180. The third kappa shape index (κ3) is 10.1. The zero-order chi connectivity index (χ0) is 33.1. The molecule has 1 aromatic heterocycles. The van der Waals surface area contributed by atoms with Crippen LogP contribution in [0.15, 0.2) is 83.8 Å². The van der Waals surface area contributed by atoms with E-state index in [1.807, 2.05) is 44.2 Å². The fourth-order valence-electron chi connectivity index (χ4n) is 5.61. The van der Waals surface area contributed by atoms with Crippen LogP contribution in [0, 0.1) is 11.8 Å². The molecule has 0 aliphatic carbocycles. The largest absolute Gasteiger partial charge is 0.493 e. The number of hydrogen-bond acceptors (Lipinski definition) is 7. The third-order valence-corrected chi connectivity index (χ3v) is 8.06. The first kappa shape index (κ1) is 34.0. The SMILES string of the molecule is CC1(C)OCc2cc([C@@H](O)CN(CCCCCCOCCC#Cc3cccc(-n4c(O)c[nH]c4=O)c3)Cc3ccccc3)ccc2O1. The van der Waals surface area contributed by atoms with Crippen molar-refractivity contribution >= 4 is 0 Å². The Hall–Kier alpha value is -4.33. The van der Waals surface area contributed by atoms with E-state index in [1.165, 1.54) is 16.3 Å². The molecule has 0 fully saturated rings. The van der Waals surface area contributed by atoms with Gasteiger partial charge in [0.05, 0.1) is 31.2 Å². The predicted molar refractivity (Wildman–Crippen MR) is 181 cm³/mol. The van der Waals surface area contributed by atoms with Crippen molar-refractivity contribution < 1.29 is 24.4 Å². The highest BCUT2D eigenvalue weighted by Crippen LogP contribution is 2.33. The Morgan fingerprint density at radius 3 is 2.66 bits per heavy atom. The van der Waals surface area contributed by atoms with E-state index >= 15 is 0 Å². The summed E-state index contributed by atoms with van der Waals surface area (Å²) in [6.07, 6.45) is 5.45. The van der Waals surface area contributed by atoms with Crippen molar-refractivity contribution in [1.29, 1.82) is 0 Å². The molecule has 0 amide bonds. The number of benzene rings is 3. The van der Waals surface area contributed by atoms with Crippen LogP contribution in [0.2, 0.25) is 0 Å². The molecule has 3 N–H and O–H groups in total. The van der Waals surface area contributed by atoms with Gasteiger partial charge in [-0.2, -0.15) is 0 Å². The number of unbranched alkanes of at least 4 members (excludes halogenated alkanes) is 3. The number of aliphatic hydroxyl groups is 1. The number of nitrogens with zero attached hydrogens (tertiary/aromatic N) is 2. The van der Waals surface area contributed by atoms with Crippen LogP contribution in [0.3, 0.4) is 0 Å². The molecular weight excluding hydrogens is 594 g/mol. The molecule has 0 saturated carbocycles. The minimum Gasteiger partial charge on any atom is -0.493 e. The predicted octanol–water partition coefficient (Wildman–Crippen LogP) is 6.07. The van der Waals surface area contributed by atoms with Crippen molar-refractivity contribution in [1.82, 2.24) is 14.5 Å². The van der Waals surface area contributed by atoms with Crippen LogP contribution < -0.4 is 10.4 Å². The molecule has 0 radical (unpaired) electrons. The van der Waals surface area contributed by atoms with Gasteiger partial charge >= 0.3 is 5.69 Å². The molecule has 47 heavy (non-hydrogen) atoms. The number of aromatic hydroxyl groups is 1. The maximum Gasteiger partial charge on any atom is 0.333 e. The minimum absolute atomic E-state index is 0.144. The molecule has 0 saturated heterocycles. The summed E-state index contributed by atoms with van der Waals surface area (Å²) in [5, 5.41) is 21.1. The summed E-state index contributed by atoms with van der Waals surface area (Å²) in [5.41, 5.74) is 3.98. The van der Waals surface area contributed by atoms with Crippen LogP contribution in [0.5, 0.6) is 11.6 Å². The van der Waals surface area contributed by atoms with Gasteiger partial charge in [-0.25, -0.2) is 9.36 Å². The Morgan fingerprint density at radius 2 is 1.85 bits per heavy atom. The first-order valence-electron chi connectivity index (χ1n) is 16.3. The summed E-state index contributed by atoms with van der Waals surface area (Å²) in [6.45, 7) is 7.75. The van der Waals surface area contributed by atoms with Gasteiger partial charge in [0.15, 0.2) is 0 Å². The number of aromatic nitrogens is 2. The van der Waals surface area contributed by atoms with E-state index in [0.717, 1.165) is 61.2 Å². The summed E-state index contributed by atoms with van der Waals surface area (Å²) >= 11 is 0. The molecule has 0 spiro atoms. The molecule has 2 heterocycles. The molecule has 1 atom stereocenters. The summed E-state index contributed by atoms with van der Waals surface area (Å²) in [4.78, 5) is 16.7. The van der Waals surface area contributed by atoms with Gasteiger partial charge in [0.25, 0.3) is 0 Å². The second-order valence-corrected chi connectivity index (χ2v) is 12.3. The molecule has 9 nitrogen and oxygen atoms in total. The van der Waals surface area contributed by atoms with E-state index < -0.39 is 17.6 Å². The quantitative estimate of drug-likeness (QED) is 0.107. The van der Waals surface area contributed by atoms with E-state index in [-0.39, 0.29) is 5.88 Å². The Bertz CT molecular complexity index is 1700. The standard InChI is InChI=1S/C38H45N3O6/c1-38(2)46-28-32-24-31(18-19-35(32)47-38)34(42)27-40(26-30-14-6-5-7-15-30)20-9-3-4-10-21-45-22-11-8-13-29-16-12-17-33(23-29)41-36(43)25-39-37(41)44/h5-7,12,14-19,23-25,34,42-43H,3-4,9-11,20-22,26-28H2,1-2H3,(H,39,44)/t34-/m0/s1. The van der Waals surface area contributed by atoms with Crippen LogP contribution in [0.4, 0.5) is 0 Å². The lowest BCUT2D eigenvalue weighted by Crippen LogP contribution is -2.35. The number of ether oxygens (including phenoxy) is 3. The fourth-order valence-corrected chi connectivity index (χ4v) is 5.61. The number of fused-ring (bicyclic) bond motifs is 1. The molecule has 4 aromatic rings. The average molecular weight is 640 g/mol. The summed E-state index contributed by atoms with van der Waals surface area (Å²) in [6, 6.07) is 23.5. The van der Waals surface area contributed by atoms with Gasteiger partial charge in [-0.05, 0) is 60.8 Å². The van der Waals surface area contributed by atoms with E-state index in [2.05, 4.69) is 46.0 Å². The number of nitrogens with one attached hydrogen (secondary N) is 1. The lowest BCUT2D eigenvalue weighted by Gasteiger charge is -2.33. The van der Waals surface area contributed by atoms with E-state index in [9.17, 15) is 15.0 Å². The summed E-state index contributed by atoms with van der Waals surface area (Å²) < 4.78 is 18.7. The van der Waals surface area contributed by atoms with Crippen molar-refractivity contribution in [3.8, 4) is 29.2 Å². The molecule has 5 rings (SSSR count). The van der Waals surface area contributed by atoms with E-state index in [4.69, 9.17) is 14.2 Å². The topological polar surface area (TPSA) is 109 Å². The van der Waals surface area contributed by atoms with Gasteiger partial charge in [-0.3, -0.25) is 4.90 Å². The normalized spacial score (nSPS) is 14.2. The van der Waals surface area contributed by atoms with Crippen LogP contribution in [0.1, 0.15) is 74.3 Å². The highest BCUT2D eigenvalue weighted by molar-refractivity contribution is 5.45. The van der Waals surface area contributed by atoms with Gasteiger partial charge in [0.2, 0.25) is 11.7 Å². The number of rotatable bonds is 15. The van der Waals surface area contributed by atoms with Crippen LogP contribution >= 0.6 is 0 Å². The zero-order valence-electron chi connectivity index (χ0n) is 27.3. The third-order valence-electron chi connectivity index (χ3n) is 8.06. The molecule has 3 aromatic carbocycles. The highest BCUT2D eigenvalue weighted by Gasteiger charge is 2.28. The Labute approximate surface area is 276 Å². The molecule has 1 aliphatic rings. The number of imidazole rings is 1. The van der Waals surface area contributed by atoms with Crippen molar-refractivity contribution in [3.05, 3.63) is 112 Å². The molecule has 248 valence electrons. The zero-order valence-corrected chi connectivity index (χ0v) is 27.3. The molecular formula is C38H45N3O6. The maximum absolute atomic E-state index is 11.9. The number of aliphatic hydroxyl groups excluding tert-OH is 1. The monoisotopic (exact) mass is 639 g/mol. The number of hydrogen-bond donors (Lipinski definition) is 3. The van der Waals surface area contributed by atoms with Crippen LogP contribution in [0.25, 0.3) is 5.69 Å². The van der Waals surface area contributed by atoms with Gasteiger partial charge < -0.3 is 29.4 Å². The second-order valence-electron chi connectivity index (χ2n) is 12.3. The minimum atomic E-state index is -0.643.